The molecule has 0 spiro atoms. The zero-order chi connectivity index (χ0) is 72.0. The highest BCUT2D eigenvalue weighted by atomic mass is 15.2. The van der Waals surface area contributed by atoms with Gasteiger partial charge in [0.15, 0.2) is 0 Å². The lowest BCUT2D eigenvalue weighted by Crippen LogP contribution is -2.09. The predicted octanol–water partition coefficient (Wildman–Crippen LogP) is 23.9. The Morgan fingerprint density at radius 2 is 0.738 bits per heavy atom. The Labute approximate surface area is 613 Å². The van der Waals surface area contributed by atoms with Gasteiger partial charge < -0.3 is 23.5 Å². The summed E-state index contributed by atoms with van der Waals surface area (Å²) in [6.07, 6.45) is 0. The third kappa shape index (κ3) is 9.84. The SMILES string of the molecule is N#Cc1ccc(C#N)c(-n2c3ccc(N(c4ccccc4)c4ccc(-c5cccc6c5ccc5c7ccc(-c8cccc9c8ccc8c9c9cc(N(c%10ccccc%10)c%10ccccc%10)ccc9n8-c8cccc(C#N)c8C#N)cc7n(-c7ccc(C#N)c(C#N)c7)c65)cc4)cc3c3c4ccccc4ccc32)c1. The smallest absolute Gasteiger partial charge is 0.103 e. The number of nitriles is 6. The summed E-state index contributed by atoms with van der Waals surface area (Å²) in [7, 11) is 0. The van der Waals surface area contributed by atoms with Gasteiger partial charge in [0.25, 0.3) is 0 Å². The van der Waals surface area contributed by atoms with Crippen LogP contribution in [0, 0.1) is 68.0 Å². The first-order valence-corrected chi connectivity index (χ1v) is 35.0. The third-order valence-electron chi connectivity index (χ3n) is 21.0. The molecule has 3 heterocycles. The summed E-state index contributed by atoms with van der Waals surface area (Å²) >= 11 is 0. The monoisotopic (exact) mass is 1360 g/mol. The van der Waals surface area contributed by atoms with Gasteiger partial charge in [-0.05, 0) is 201 Å². The summed E-state index contributed by atoms with van der Waals surface area (Å²) in [5.74, 6) is 0. The van der Waals surface area contributed by atoms with Gasteiger partial charge in [0.1, 0.15) is 30.3 Å². The van der Waals surface area contributed by atoms with Gasteiger partial charge in [-0.15, -0.1) is 0 Å². The van der Waals surface area contributed by atoms with Crippen molar-refractivity contribution in [2.24, 2.45) is 0 Å². The number of fused-ring (bicyclic) bond motifs is 15. The fraction of sp³-hybridized carbons (Fsp3) is 0. The molecule has 0 bridgehead atoms. The van der Waals surface area contributed by atoms with E-state index in [0.717, 1.165) is 160 Å². The average Bonchev–Trinajstić information content (AvgIpc) is 1.57. The summed E-state index contributed by atoms with van der Waals surface area (Å²) in [4.78, 5) is 4.52. The number of nitrogens with zero attached hydrogens (tertiary/aromatic N) is 11. The molecule has 0 fully saturated rings. The maximum Gasteiger partial charge on any atom is 0.103 e. The quantitative estimate of drug-likeness (QED) is 0.123. The van der Waals surface area contributed by atoms with Crippen LogP contribution in [0.1, 0.15) is 33.4 Å². The number of anilines is 6. The first kappa shape index (κ1) is 62.3. The van der Waals surface area contributed by atoms with E-state index in [4.69, 9.17) is 0 Å². The van der Waals surface area contributed by atoms with E-state index >= 15 is 0 Å². The summed E-state index contributed by atoms with van der Waals surface area (Å²) in [6.45, 7) is 0. The average molecular weight is 1360 g/mol. The van der Waals surface area contributed by atoms with Crippen molar-refractivity contribution < 1.29 is 0 Å². The molecular formula is C96H53N11. The summed E-state index contributed by atoms with van der Waals surface area (Å²) in [6, 6.07) is 124. The molecule has 0 saturated carbocycles. The van der Waals surface area contributed by atoms with Crippen molar-refractivity contribution in [3.8, 4) is 75.7 Å². The lowest BCUT2D eigenvalue weighted by molar-refractivity contribution is 1.16. The van der Waals surface area contributed by atoms with Crippen LogP contribution in [-0.4, -0.2) is 13.7 Å². The summed E-state index contributed by atoms with van der Waals surface area (Å²) in [5.41, 5.74) is 19.3. The molecule has 0 amide bonds. The van der Waals surface area contributed by atoms with E-state index in [9.17, 15) is 31.6 Å². The van der Waals surface area contributed by atoms with Crippen LogP contribution in [0.5, 0.6) is 0 Å². The van der Waals surface area contributed by atoms with E-state index in [1.807, 2.05) is 84.9 Å². The number of hydrogen-bond donors (Lipinski definition) is 0. The van der Waals surface area contributed by atoms with E-state index in [0.29, 0.717) is 39.2 Å². The van der Waals surface area contributed by atoms with E-state index in [2.05, 4.69) is 266 Å². The Morgan fingerprint density at radius 1 is 0.243 bits per heavy atom. The predicted molar refractivity (Wildman–Crippen MR) is 431 cm³/mol. The minimum atomic E-state index is 0.274. The van der Waals surface area contributed by atoms with E-state index < -0.39 is 0 Å². The number of aromatic nitrogens is 3. The molecule has 11 nitrogen and oxygen atoms in total. The van der Waals surface area contributed by atoms with Gasteiger partial charge >= 0.3 is 0 Å². The maximum absolute atomic E-state index is 10.8. The van der Waals surface area contributed by atoms with Crippen molar-refractivity contribution >= 4 is 132 Å². The molecular weight excluding hydrogens is 1310 g/mol. The molecule has 19 aromatic rings. The zero-order valence-corrected chi connectivity index (χ0v) is 57.0. The van der Waals surface area contributed by atoms with Crippen LogP contribution < -0.4 is 9.80 Å². The molecule has 0 aliphatic heterocycles. The standard InChI is InChI=1S/C96H53N11/c97-54-60-29-30-66(57-100)92(49-60)107-89-47-40-74(52-84(89)94-77-23-11-10-15-61(77)35-45-90(94)107)104(70-21-8-3-9-22-70)71-36-31-62(32-37-71)75-24-14-27-82-79(75)42-43-83-80-41-34-63(51-93(80)105(96(82)83)72-38-33-64(55-98)67(50-72)58-101)76-25-13-26-81-78(76)44-48-91-95(81)85-53-73(103(68-17-4-1-5-18-68)69-19-6-2-7-20-69)39-46-88(85)106(91)87-28-12-16-65(56-99)86(87)59-102/h1-53H. The highest BCUT2D eigenvalue weighted by Crippen LogP contribution is 2.48. The molecule has 0 atom stereocenters. The molecule has 0 aliphatic rings. The third-order valence-corrected chi connectivity index (χ3v) is 21.0. The maximum atomic E-state index is 10.8. The molecule has 0 N–H and O–H groups in total. The van der Waals surface area contributed by atoms with Crippen molar-refractivity contribution in [1.82, 2.24) is 13.7 Å². The first-order chi connectivity index (χ1) is 52.8. The van der Waals surface area contributed by atoms with Crippen molar-refractivity contribution in [3.63, 3.8) is 0 Å². The van der Waals surface area contributed by atoms with E-state index in [1.165, 1.54) is 0 Å². The second-order valence-electron chi connectivity index (χ2n) is 26.6. The lowest BCUT2D eigenvalue weighted by Gasteiger charge is -2.26. The Morgan fingerprint density at radius 3 is 1.38 bits per heavy atom. The van der Waals surface area contributed by atoms with E-state index in [1.54, 1.807) is 30.3 Å². The molecule has 16 aromatic carbocycles. The van der Waals surface area contributed by atoms with Crippen LogP contribution in [0.15, 0.2) is 322 Å². The van der Waals surface area contributed by atoms with Gasteiger partial charge in [0.2, 0.25) is 0 Å². The number of rotatable bonds is 11. The molecule has 107 heavy (non-hydrogen) atoms. The Bertz CT molecular complexity index is 7230. The van der Waals surface area contributed by atoms with Crippen LogP contribution in [0.25, 0.3) is 137 Å². The van der Waals surface area contributed by atoms with Gasteiger partial charge in [-0.3, -0.25) is 0 Å². The van der Waals surface area contributed by atoms with Crippen LogP contribution in [-0.2, 0) is 0 Å². The van der Waals surface area contributed by atoms with Crippen LogP contribution in [0.3, 0.4) is 0 Å². The molecule has 492 valence electrons. The molecule has 0 aliphatic carbocycles. The molecule has 0 radical (unpaired) electrons. The topological polar surface area (TPSA) is 164 Å². The van der Waals surface area contributed by atoms with Crippen molar-refractivity contribution in [3.05, 3.63) is 355 Å². The molecule has 0 unspecified atom stereocenters. The minimum absolute atomic E-state index is 0.274. The fourth-order valence-electron chi connectivity index (χ4n) is 16.3. The normalized spacial score (nSPS) is 11.3. The minimum Gasteiger partial charge on any atom is -0.310 e. The Balaban J connectivity index is 0.771. The number of para-hydroxylation sites is 3. The fourth-order valence-corrected chi connectivity index (χ4v) is 16.3. The molecule has 3 aromatic heterocycles. The largest absolute Gasteiger partial charge is 0.310 e. The van der Waals surface area contributed by atoms with Crippen molar-refractivity contribution in [2.75, 3.05) is 9.80 Å². The van der Waals surface area contributed by atoms with Crippen molar-refractivity contribution in [1.29, 1.82) is 31.6 Å². The van der Waals surface area contributed by atoms with Crippen LogP contribution in [0.2, 0.25) is 0 Å². The Hall–Kier alpha value is -15.8. The first-order valence-electron chi connectivity index (χ1n) is 35.0. The van der Waals surface area contributed by atoms with Crippen molar-refractivity contribution in [2.45, 2.75) is 0 Å². The second kappa shape index (κ2) is 25.1. The second-order valence-corrected chi connectivity index (χ2v) is 26.6. The van der Waals surface area contributed by atoms with Gasteiger partial charge in [0, 0.05) is 77.5 Å². The molecule has 19 rings (SSSR count). The number of benzene rings is 16. The lowest BCUT2D eigenvalue weighted by atomic mass is 9.94. The number of hydrogen-bond acceptors (Lipinski definition) is 8. The molecule has 11 heteroatoms. The molecule has 0 saturated heterocycles. The van der Waals surface area contributed by atoms with E-state index in [-0.39, 0.29) is 5.56 Å². The van der Waals surface area contributed by atoms with Gasteiger partial charge in [0.05, 0.1) is 83.9 Å². The highest BCUT2D eigenvalue weighted by molar-refractivity contribution is 6.26. The summed E-state index contributed by atoms with van der Waals surface area (Å²) in [5, 5.41) is 74.8. The van der Waals surface area contributed by atoms with Gasteiger partial charge in [-0.1, -0.05) is 170 Å². The van der Waals surface area contributed by atoms with Gasteiger partial charge in [-0.2, -0.15) is 31.6 Å². The Kier molecular flexibility index (Phi) is 14.6. The zero-order valence-electron chi connectivity index (χ0n) is 57.0. The summed E-state index contributed by atoms with van der Waals surface area (Å²) < 4.78 is 6.49. The van der Waals surface area contributed by atoms with Gasteiger partial charge in [-0.25, -0.2) is 0 Å². The van der Waals surface area contributed by atoms with Crippen LogP contribution >= 0.6 is 0 Å². The highest BCUT2D eigenvalue weighted by Gasteiger charge is 2.26. The van der Waals surface area contributed by atoms with Crippen LogP contribution in [0.4, 0.5) is 34.1 Å².